The van der Waals surface area contributed by atoms with Crippen molar-refractivity contribution in [1.29, 1.82) is 0 Å². The van der Waals surface area contributed by atoms with Gasteiger partial charge in [0.1, 0.15) is 11.2 Å². The monoisotopic (exact) mass is 551 g/mol. The molecule has 2 aromatic carbocycles. The van der Waals surface area contributed by atoms with Gasteiger partial charge in [-0.25, -0.2) is 13.4 Å². The largest absolute Gasteiger partial charge is 0.468 e. The van der Waals surface area contributed by atoms with Crippen molar-refractivity contribution in [1.82, 2.24) is 9.97 Å². The highest BCUT2D eigenvalue weighted by atomic mass is 32.2. The fourth-order valence-corrected chi connectivity index (χ4v) is 5.20. The van der Waals surface area contributed by atoms with Crippen LogP contribution in [0.3, 0.4) is 0 Å². The van der Waals surface area contributed by atoms with E-state index >= 15 is 0 Å². The molecule has 3 N–H and O–H groups in total. The van der Waals surface area contributed by atoms with Gasteiger partial charge < -0.3 is 15.2 Å². The van der Waals surface area contributed by atoms with Crippen molar-refractivity contribution in [3.05, 3.63) is 101 Å². The lowest BCUT2D eigenvalue weighted by Gasteiger charge is -2.39. The van der Waals surface area contributed by atoms with Crippen LogP contribution in [0.15, 0.2) is 90.0 Å². The van der Waals surface area contributed by atoms with E-state index in [2.05, 4.69) is 20.0 Å². The number of methoxy groups -OCH3 is 1. The number of aromatic nitrogens is 2. The number of nitrogens with zero attached hydrogens (tertiary/aromatic N) is 3. The molecule has 0 fully saturated rings. The Morgan fingerprint density at radius 1 is 1.15 bits per heavy atom. The summed E-state index contributed by atoms with van der Waals surface area (Å²) in [6.07, 6.45) is 4.91. The normalized spacial score (nSPS) is 19.5. The van der Waals surface area contributed by atoms with Crippen LogP contribution in [0.25, 0.3) is 5.57 Å². The van der Waals surface area contributed by atoms with E-state index in [0.29, 0.717) is 0 Å². The highest BCUT2D eigenvalue weighted by Gasteiger charge is 2.50. The molecule has 1 aliphatic carbocycles. The number of carbonyl (C=O) groups excluding carboxylic acids is 1. The number of hydrogen-bond acceptors (Lipinski definition) is 10. The van der Waals surface area contributed by atoms with Crippen LogP contribution in [0.2, 0.25) is 0 Å². The fourth-order valence-electron chi connectivity index (χ4n) is 4.20. The van der Waals surface area contributed by atoms with Crippen LogP contribution in [0, 0.1) is 15.5 Å². The lowest BCUT2D eigenvalue weighted by atomic mass is 9.71. The third-order valence-corrected chi connectivity index (χ3v) is 7.70. The molecule has 0 bridgehead atoms. The van der Waals surface area contributed by atoms with Crippen molar-refractivity contribution in [2.24, 2.45) is 5.41 Å². The number of aliphatic hydroxyl groups is 1. The molecule has 0 radical (unpaired) electrons. The van der Waals surface area contributed by atoms with E-state index in [1.807, 2.05) is 30.3 Å². The molecular formula is C26H25N5O7S. The summed E-state index contributed by atoms with van der Waals surface area (Å²) in [5.74, 6) is -0.797. The Kier molecular flexibility index (Phi) is 7.74. The van der Waals surface area contributed by atoms with E-state index in [1.54, 1.807) is 25.2 Å². The highest BCUT2D eigenvalue weighted by molar-refractivity contribution is 7.92. The van der Waals surface area contributed by atoms with Gasteiger partial charge in [0.25, 0.3) is 15.7 Å². The molecule has 39 heavy (non-hydrogen) atoms. The summed E-state index contributed by atoms with van der Waals surface area (Å²) < 4.78 is 32.9. The second-order valence-electron chi connectivity index (χ2n) is 8.68. The molecule has 1 aromatic heterocycles. The maximum atomic E-state index is 13.0. The number of ether oxygens (including phenoxy) is 1. The number of nitro groups is 1. The highest BCUT2D eigenvalue weighted by Crippen LogP contribution is 2.38. The Balaban J connectivity index is 1.56. The van der Waals surface area contributed by atoms with E-state index < -0.39 is 38.5 Å². The predicted octanol–water partition coefficient (Wildman–Crippen LogP) is 3.16. The van der Waals surface area contributed by atoms with E-state index in [9.17, 15) is 28.4 Å². The Morgan fingerprint density at radius 3 is 2.46 bits per heavy atom. The van der Waals surface area contributed by atoms with Crippen molar-refractivity contribution in [2.75, 3.05) is 17.1 Å². The summed E-state index contributed by atoms with van der Waals surface area (Å²) in [4.78, 5) is 31.3. The predicted molar refractivity (Wildman–Crippen MR) is 143 cm³/mol. The minimum absolute atomic E-state index is 0.0203. The molecule has 0 amide bonds. The first kappa shape index (κ1) is 27.4. The quantitative estimate of drug-likeness (QED) is 0.204. The molecule has 3 atom stereocenters. The number of nitrogens with one attached hydrogen (secondary N) is 2. The Bertz CT molecular complexity index is 1540. The standard InChI is InChI=1S/C26H25N5O7S/c1-17(26(24(33)38-2)14-12-19(16-22(26)32)18-6-4-3-5-7-18)28-25-27-15-13-23(29-25)30-39(36,37)21-10-8-20(9-11-21)31(34)35/h3-17,22,32H,1-2H3,(H2,27,28,29,30)/t17?,22-,26?/m0/s1. The third-order valence-electron chi connectivity index (χ3n) is 6.33. The molecular weight excluding hydrogens is 526 g/mol. The average Bonchev–Trinajstić information content (AvgIpc) is 2.93. The molecule has 0 aliphatic heterocycles. The number of hydrogen-bond donors (Lipinski definition) is 3. The van der Waals surface area contributed by atoms with Crippen LogP contribution in [0.5, 0.6) is 0 Å². The molecule has 12 nitrogen and oxygen atoms in total. The van der Waals surface area contributed by atoms with Gasteiger partial charge >= 0.3 is 5.97 Å². The van der Waals surface area contributed by atoms with Gasteiger partial charge in [-0.3, -0.25) is 19.6 Å². The van der Waals surface area contributed by atoms with Crippen LogP contribution >= 0.6 is 0 Å². The SMILES string of the molecule is COC(=O)C1(C(C)Nc2nccc(NS(=O)(=O)c3ccc([N+](=O)[O-])cc3)n2)C=CC(c2ccccc2)=C[C@@H]1O. The van der Waals surface area contributed by atoms with Crippen molar-refractivity contribution >= 4 is 39.0 Å². The van der Waals surface area contributed by atoms with Crippen LogP contribution in [0.1, 0.15) is 12.5 Å². The van der Waals surface area contributed by atoms with Gasteiger partial charge in [-0.05, 0) is 42.3 Å². The van der Waals surface area contributed by atoms with E-state index in [1.165, 1.54) is 19.4 Å². The van der Waals surface area contributed by atoms with Crippen LogP contribution < -0.4 is 10.0 Å². The summed E-state index contributed by atoms with van der Waals surface area (Å²) in [6.45, 7) is 1.64. The fraction of sp³-hybridized carbons (Fsp3) is 0.192. The topological polar surface area (TPSA) is 174 Å². The van der Waals surface area contributed by atoms with E-state index in [-0.39, 0.29) is 22.3 Å². The summed E-state index contributed by atoms with van der Waals surface area (Å²) in [6, 6.07) is 14.3. The minimum atomic E-state index is -4.12. The Morgan fingerprint density at radius 2 is 1.85 bits per heavy atom. The van der Waals surface area contributed by atoms with Gasteiger partial charge in [-0.2, -0.15) is 4.98 Å². The van der Waals surface area contributed by atoms with Gasteiger partial charge in [0.15, 0.2) is 0 Å². The summed E-state index contributed by atoms with van der Waals surface area (Å²) in [5.41, 5.74) is -0.192. The van der Waals surface area contributed by atoms with E-state index in [0.717, 1.165) is 35.4 Å². The van der Waals surface area contributed by atoms with E-state index in [4.69, 9.17) is 4.74 Å². The first-order valence-electron chi connectivity index (χ1n) is 11.7. The number of nitro benzene ring substituents is 1. The van der Waals surface area contributed by atoms with Gasteiger partial charge in [-0.1, -0.05) is 42.5 Å². The molecule has 0 spiro atoms. The van der Waals surface area contributed by atoms with Crippen molar-refractivity contribution in [2.45, 2.75) is 24.0 Å². The number of aliphatic hydroxyl groups excluding tert-OH is 1. The molecule has 4 rings (SSSR count). The maximum Gasteiger partial charge on any atom is 0.320 e. The Hall–Kier alpha value is -4.62. The number of benzene rings is 2. The number of esters is 1. The van der Waals surface area contributed by atoms with Crippen LogP contribution in [-0.2, 0) is 19.6 Å². The number of allylic oxidation sites excluding steroid dienone is 2. The zero-order chi connectivity index (χ0) is 28.2. The summed E-state index contributed by atoms with van der Waals surface area (Å²) in [5, 5.41) is 25.0. The molecule has 1 heterocycles. The minimum Gasteiger partial charge on any atom is -0.468 e. The number of non-ortho nitro benzene ring substituents is 1. The van der Waals surface area contributed by atoms with Gasteiger partial charge in [0.2, 0.25) is 5.95 Å². The second-order valence-corrected chi connectivity index (χ2v) is 10.4. The van der Waals surface area contributed by atoms with Crippen molar-refractivity contribution in [3.63, 3.8) is 0 Å². The average molecular weight is 552 g/mol. The lowest BCUT2D eigenvalue weighted by Crippen LogP contribution is -2.52. The lowest BCUT2D eigenvalue weighted by molar-refractivity contribution is -0.384. The van der Waals surface area contributed by atoms with Crippen LogP contribution in [-0.4, -0.2) is 53.6 Å². The molecule has 3 aromatic rings. The second kappa shape index (κ2) is 11.0. The first-order valence-corrected chi connectivity index (χ1v) is 13.1. The van der Waals surface area contributed by atoms with Gasteiger partial charge in [-0.15, -0.1) is 0 Å². The molecule has 202 valence electrons. The van der Waals surface area contributed by atoms with Crippen LogP contribution in [0.4, 0.5) is 17.5 Å². The van der Waals surface area contributed by atoms with Crippen molar-refractivity contribution < 1.29 is 28.0 Å². The first-order chi connectivity index (χ1) is 18.6. The summed E-state index contributed by atoms with van der Waals surface area (Å²) in [7, 11) is -2.90. The molecule has 0 saturated carbocycles. The zero-order valence-electron chi connectivity index (χ0n) is 20.9. The third kappa shape index (κ3) is 5.63. The number of rotatable bonds is 9. The van der Waals surface area contributed by atoms with Crippen molar-refractivity contribution in [3.8, 4) is 0 Å². The smallest absolute Gasteiger partial charge is 0.320 e. The molecule has 2 unspecified atom stereocenters. The maximum absolute atomic E-state index is 13.0. The Labute approximate surface area is 224 Å². The molecule has 13 heteroatoms. The molecule has 1 aliphatic rings. The molecule has 0 saturated heterocycles. The summed E-state index contributed by atoms with van der Waals surface area (Å²) >= 11 is 0. The van der Waals surface area contributed by atoms with Gasteiger partial charge in [0.05, 0.1) is 23.0 Å². The number of sulfonamides is 1. The number of anilines is 2. The number of carbonyl (C=O) groups is 1. The van der Waals surface area contributed by atoms with Gasteiger partial charge in [0, 0.05) is 24.4 Å². The zero-order valence-corrected chi connectivity index (χ0v) is 21.7.